The summed E-state index contributed by atoms with van der Waals surface area (Å²) in [5, 5.41) is 0. The van der Waals surface area contributed by atoms with Crippen molar-refractivity contribution < 1.29 is 0 Å². The third-order valence-corrected chi connectivity index (χ3v) is 3.32. The molecule has 0 amide bonds. The van der Waals surface area contributed by atoms with Gasteiger partial charge in [0, 0.05) is 5.92 Å². The Morgan fingerprint density at radius 2 is 1.61 bits per heavy atom. The zero-order valence-electron chi connectivity index (χ0n) is 10.6. The Hall–Kier alpha value is -1.89. The molecule has 0 N–H and O–H groups in total. The van der Waals surface area contributed by atoms with Crippen molar-refractivity contribution in [3.63, 3.8) is 0 Å². The fourth-order valence-electron chi connectivity index (χ4n) is 2.12. The predicted molar refractivity (Wildman–Crippen MR) is 76.5 cm³/mol. The molecule has 0 bridgehead atoms. The van der Waals surface area contributed by atoms with Gasteiger partial charge in [0.15, 0.2) is 0 Å². The summed E-state index contributed by atoms with van der Waals surface area (Å²) >= 11 is 0. The quantitative estimate of drug-likeness (QED) is 0.693. The Balaban J connectivity index is 1.97. The number of benzene rings is 2. The first-order chi connectivity index (χ1) is 8.83. The minimum atomic E-state index is 0.661. The maximum absolute atomic E-state index is 4.85. The Morgan fingerprint density at radius 1 is 0.944 bits per heavy atom. The molecule has 1 heteroatoms. The predicted octanol–water partition coefficient (Wildman–Crippen LogP) is 4.53. The van der Waals surface area contributed by atoms with Crippen molar-refractivity contribution in [1.82, 2.24) is 0 Å². The monoisotopic (exact) mass is 235 g/mol. The van der Waals surface area contributed by atoms with Crippen LogP contribution in [0.1, 0.15) is 24.0 Å². The van der Waals surface area contributed by atoms with Crippen LogP contribution >= 0.6 is 0 Å². The molecule has 0 atom stereocenters. The second-order valence-corrected chi connectivity index (χ2v) is 4.97. The number of aryl methyl sites for hydroxylation is 1. The highest BCUT2D eigenvalue weighted by Gasteiger charge is 2.28. The summed E-state index contributed by atoms with van der Waals surface area (Å²) < 4.78 is 0. The SMILES string of the molecule is Cc1ccc(N=C(c2ccccc2)C2CC2)cc1. The van der Waals surface area contributed by atoms with Gasteiger partial charge in [0.05, 0.1) is 11.4 Å². The number of hydrogen-bond donors (Lipinski definition) is 0. The summed E-state index contributed by atoms with van der Waals surface area (Å²) in [6.07, 6.45) is 2.55. The smallest absolute Gasteiger partial charge is 0.0633 e. The second-order valence-electron chi connectivity index (χ2n) is 4.97. The first kappa shape index (κ1) is 11.2. The van der Waals surface area contributed by atoms with Crippen LogP contribution in [0.5, 0.6) is 0 Å². The minimum Gasteiger partial charge on any atom is -0.253 e. The van der Waals surface area contributed by atoms with Crippen molar-refractivity contribution in [2.75, 3.05) is 0 Å². The zero-order valence-corrected chi connectivity index (χ0v) is 10.6. The molecule has 0 radical (unpaired) electrons. The molecule has 0 aromatic heterocycles. The van der Waals surface area contributed by atoms with E-state index in [4.69, 9.17) is 4.99 Å². The molecule has 0 saturated heterocycles. The Labute approximate surface area is 108 Å². The van der Waals surface area contributed by atoms with Gasteiger partial charge in [-0.05, 0) is 37.5 Å². The topological polar surface area (TPSA) is 12.4 Å². The highest BCUT2D eigenvalue weighted by atomic mass is 14.8. The Morgan fingerprint density at radius 3 is 2.22 bits per heavy atom. The molecular formula is C17H17N. The van der Waals surface area contributed by atoms with E-state index in [9.17, 15) is 0 Å². The summed E-state index contributed by atoms with van der Waals surface area (Å²) in [7, 11) is 0. The largest absolute Gasteiger partial charge is 0.253 e. The molecule has 0 aliphatic heterocycles. The van der Waals surface area contributed by atoms with Crippen molar-refractivity contribution in [1.29, 1.82) is 0 Å². The average Bonchev–Trinajstić information content (AvgIpc) is 3.23. The third kappa shape index (κ3) is 2.51. The van der Waals surface area contributed by atoms with Crippen LogP contribution in [0.2, 0.25) is 0 Å². The molecule has 18 heavy (non-hydrogen) atoms. The van der Waals surface area contributed by atoms with Gasteiger partial charge in [-0.25, -0.2) is 0 Å². The highest BCUT2D eigenvalue weighted by molar-refractivity contribution is 6.04. The van der Waals surface area contributed by atoms with E-state index in [0.717, 1.165) is 5.69 Å². The zero-order chi connectivity index (χ0) is 12.4. The van der Waals surface area contributed by atoms with Gasteiger partial charge in [0.2, 0.25) is 0 Å². The summed E-state index contributed by atoms with van der Waals surface area (Å²) in [6, 6.07) is 19.0. The Kier molecular flexibility index (Phi) is 2.97. The number of hydrogen-bond acceptors (Lipinski definition) is 1. The number of aliphatic imine (C=N–C) groups is 1. The maximum Gasteiger partial charge on any atom is 0.0633 e. The van der Waals surface area contributed by atoms with E-state index in [0.29, 0.717) is 5.92 Å². The van der Waals surface area contributed by atoms with E-state index in [1.165, 1.54) is 29.7 Å². The molecule has 90 valence electrons. The molecule has 1 nitrogen and oxygen atoms in total. The van der Waals surface area contributed by atoms with E-state index in [1.54, 1.807) is 0 Å². The van der Waals surface area contributed by atoms with Gasteiger partial charge in [-0.2, -0.15) is 0 Å². The average molecular weight is 235 g/mol. The normalized spacial score (nSPS) is 15.7. The van der Waals surface area contributed by atoms with Crippen LogP contribution in [0.4, 0.5) is 5.69 Å². The summed E-state index contributed by atoms with van der Waals surface area (Å²) in [4.78, 5) is 4.85. The van der Waals surface area contributed by atoms with Crippen LogP contribution in [0.3, 0.4) is 0 Å². The fourth-order valence-corrected chi connectivity index (χ4v) is 2.12. The summed E-state index contributed by atoms with van der Waals surface area (Å²) in [5.41, 5.74) is 4.85. The van der Waals surface area contributed by atoms with Crippen LogP contribution in [-0.4, -0.2) is 5.71 Å². The molecule has 1 saturated carbocycles. The van der Waals surface area contributed by atoms with Crippen molar-refractivity contribution in [3.05, 3.63) is 65.7 Å². The molecule has 3 rings (SSSR count). The lowest BCUT2D eigenvalue weighted by atomic mass is 10.1. The molecule has 2 aromatic carbocycles. The third-order valence-electron chi connectivity index (χ3n) is 3.32. The lowest BCUT2D eigenvalue weighted by Crippen LogP contribution is -2.02. The van der Waals surface area contributed by atoms with Crippen LogP contribution in [0.15, 0.2) is 59.6 Å². The van der Waals surface area contributed by atoms with E-state index in [2.05, 4.69) is 61.5 Å². The standard InChI is InChI=1S/C17H17N/c1-13-7-11-16(12-8-13)18-17(15-9-10-15)14-5-3-2-4-6-14/h2-8,11-12,15H,9-10H2,1H3. The van der Waals surface area contributed by atoms with Crippen molar-refractivity contribution >= 4 is 11.4 Å². The number of nitrogens with zero attached hydrogens (tertiary/aromatic N) is 1. The van der Waals surface area contributed by atoms with Gasteiger partial charge in [-0.1, -0.05) is 48.0 Å². The first-order valence-electron chi connectivity index (χ1n) is 6.53. The van der Waals surface area contributed by atoms with Crippen LogP contribution in [-0.2, 0) is 0 Å². The van der Waals surface area contributed by atoms with Gasteiger partial charge >= 0.3 is 0 Å². The van der Waals surface area contributed by atoms with Crippen molar-refractivity contribution in [3.8, 4) is 0 Å². The molecule has 1 fully saturated rings. The fraction of sp³-hybridized carbons (Fsp3) is 0.235. The van der Waals surface area contributed by atoms with Gasteiger partial charge in [0.25, 0.3) is 0 Å². The molecule has 1 aliphatic carbocycles. The van der Waals surface area contributed by atoms with E-state index in [1.807, 2.05) is 0 Å². The molecular weight excluding hydrogens is 218 g/mol. The first-order valence-corrected chi connectivity index (χ1v) is 6.53. The van der Waals surface area contributed by atoms with E-state index < -0.39 is 0 Å². The molecule has 0 heterocycles. The number of rotatable bonds is 3. The molecule has 1 aliphatic rings. The van der Waals surface area contributed by atoms with Gasteiger partial charge in [-0.3, -0.25) is 4.99 Å². The van der Waals surface area contributed by atoms with E-state index >= 15 is 0 Å². The van der Waals surface area contributed by atoms with Crippen molar-refractivity contribution in [2.24, 2.45) is 10.9 Å². The van der Waals surface area contributed by atoms with Gasteiger partial charge in [0.1, 0.15) is 0 Å². The summed E-state index contributed by atoms with van der Waals surface area (Å²) in [5.74, 6) is 0.661. The van der Waals surface area contributed by atoms with Crippen molar-refractivity contribution in [2.45, 2.75) is 19.8 Å². The van der Waals surface area contributed by atoms with Crippen LogP contribution in [0, 0.1) is 12.8 Å². The maximum atomic E-state index is 4.85. The molecule has 2 aromatic rings. The lowest BCUT2D eigenvalue weighted by molar-refractivity contribution is 1.18. The van der Waals surface area contributed by atoms with Gasteiger partial charge < -0.3 is 0 Å². The second kappa shape index (κ2) is 4.77. The lowest BCUT2D eigenvalue weighted by Gasteiger charge is -2.05. The van der Waals surface area contributed by atoms with Crippen LogP contribution in [0.25, 0.3) is 0 Å². The highest BCUT2D eigenvalue weighted by Crippen LogP contribution is 2.34. The summed E-state index contributed by atoms with van der Waals surface area (Å²) in [6.45, 7) is 2.10. The minimum absolute atomic E-state index is 0.661. The van der Waals surface area contributed by atoms with Crippen LogP contribution < -0.4 is 0 Å². The van der Waals surface area contributed by atoms with Gasteiger partial charge in [-0.15, -0.1) is 0 Å². The Bertz CT molecular complexity index is 548. The van der Waals surface area contributed by atoms with E-state index in [-0.39, 0.29) is 0 Å². The molecule has 0 unspecified atom stereocenters. The molecule has 0 spiro atoms.